The van der Waals surface area contributed by atoms with E-state index < -0.39 is 5.41 Å². The molecule has 2 aromatic carbocycles. The van der Waals surface area contributed by atoms with Gasteiger partial charge in [0.25, 0.3) is 5.91 Å². The molecule has 2 amide bonds. The van der Waals surface area contributed by atoms with Crippen LogP contribution in [0.15, 0.2) is 48.5 Å². The van der Waals surface area contributed by atoms with Gasteiger partial charge >= 0.3 is 0 Å². The van der Waals surface area contributed by atoms with E-state index in [9.17, 15) is 14.0 Å². The van der Waals surface area contributed by atoms with Crippen molar-refractivity contribution >= 4 is 17.5 Å². The van der Waals surface area contributed by atoms with E-state index in [1.165, 1.54) is 12.1 Å². The molecule has 1 aliphatic rings. The van der Waals surface area contributed by atoms with Crippen molar-refractivity contribution in [3.8, 4) is 0 Å². The van der Waals surface area contributed by atoms with Gasteiger partial charge in [0.15, 0.2) is 0 Å². The highest BCUT2D eigenvalue weighted by molar-refractivity contribution is 6.01. The van der Waals surface area contributed by atoms with Crippen LogP contribution in [0.25, 0.3) is 0 Å². The van der Waals surface area contributed by atoms with Gasteiger partial charge in [-0.25, -0.2) is 4.39 Å². The number of carbonyl (C=O) groups is 2. The lowest BCUT2D eigenvalue weighted by atomic mass is 9.78. The Hall–Kier alpha value is -2.73. The molecule has 30 heavy (non-hydrogen) atoms. The Kier molecular flexibility index (Phi) is 7.57. The monoisotopic (exact) mass is 412 g/mol. The molecule has 1 fully saturated rings. The number of hydrogen-bond acceptors (Lipinski definition) is 3. The van der Waals surface area contributed by atoms with Crippen LogP contribution in [0.3, 0.4) is 0 Å². The van der Waals surface area contributed by atoms with E-state index in [0.717, 1.165) is 19.3 Å². The maximum atomic E-state index is 13.8. The molecular formula is C24H29FN2O3. The normalized spacial score (nSPS) is 15.0. The Morgan fingerprint density at radius 2 is 1.87 bits per heavy atom. The van der Waals surface area contributed by atoms with Crippen LogP contribution in [0, 0.1) is 5.82 Å². The molecule has 2 N–H and O–H groups in total. The number of anilines is 1. The van der Waals surface area contributed by atoms with Crippen LogP contribution >= 0.6 is 0 Å². The highest BCUT2D eigenvalue weighted by atomic mass is 19.1. The molecule has 1 saturated carbocycles. The summed E-state index contributed by atoms with van der Waals surface area (Å²) in [4.78, 5) is 25.6. The zero-order valence-corrected chi connectivity index (χ0v) is 17.4. The maximum Gasteiger partial charge on any atom is 0.251 e. The summed E-state index contributed by atoms with van der Waals surface area (Å²) in [6.07, 6.45) is 3.96. The Bertz CT molecular complexity index is 878. The van der Waals surface area contributed by atoms with Gasteiger partial charge < -0.3 is 15.4 Å². The van der Waals surface area contributed by atoms with Gasteiger partial charge in [0, 0.05) is 31.0 Å². The van der Waals surface area contributed by atoms with E-state index in [1.54, 1.807) is 30.3 Å². The van der Waals surface area contributed by atoms with E-state index >= 15 is 0 Å². The van der Waals surface area contributed by atoms with Gasteiger partial charge in [-0.1, -0.05) is 31.0 Å². The molecule has 160 valence electrons. The summed E-state index contributed by atoms with van der Waals surface area (Å²) in [5, 5.41) is 5.82. The van der Waals surface area contributed by atoms with Gasteiger partial charge in [-0.2, -0.15) is 0 Å². The zero-order valence-electron chi connectivity index (χ0n) is 17.4. The van der Waals surface area contributed by atoms with Crippen molar-refractivity contribution in [1.29, 1.82) is 0 Å². The lowest BCUT2D eigenvalue weighted by molar-refractivity contribution is -0.121. The van der Waals surface area contributed by atoms with Crippen LogP contribution < -0.4 is 10.6 Å². The first-order valence-corrected chi connectivity index (χ1v) is 10.6. The first-order valence-electron chi connectivity index (χ1n) is 10.6. The molecular weight excluding hydrogens is 383 g/mol. The molecule has 0 bridgehead atoms. The maximum absolute atomic E-state index is 13.8. The van der Waals surface area contributed by atoms with Gasteiger partial charge in [-0.15, -0.1) is 0 Å². The number of halogens is 1. The smallest absolute Gasteiger partial charge is 0.251 e. The van der Waals surface area contributed by atoms with Gasteiger partial charge in [0.2, 0.25) is 5.91 Å². The van der Waals surface area contributed by atoms with Crippen molar-refractivity contribution in [3.05, 3.63) is 65.5 Å². The van der Waals surface area contributed by atoms with Crippen molar-refractivity contribution in [2.75, 3.05) is 25.1 Å². The molecule has 0 aromatic heterocycles. The number of nitrogens with one attached hydrogen (secondary N) is 2. The summed E-state index contributed by atoms with van der Waals surface area (Å²) in [6, 6.07) is 13.2. The van der Waals surface area contributed by atoms with Gasteiger partial charge in [-0.05, 0) is 62.1 Å². The summed E-state index contributed by atoms with van der Waals surface area (Å²) < 4.78 is 19.1. The second-order valence-corrected chi connectivity index (χ2v) is 7.64. The first kappa shape index (κ1) is 22.0. The van der Waals surface area contributed by atoms with E-state index in [1.807, 2.05) is 13.0 Å². The summed E-state index contributed by atoms with van der Waals surface area (Å²) >= 11 is 0. The van der Waals surface area contributed by atoms with Gasteiger partial charge in [-0.3, -0.25) is 9.59 Å². The van der Waals surface area contributed by atoms with Crippen LogP contribution in [0.2, 0.25) is 0 Å². The predicted molar refractivity (Wildman–Crippen MR) is 115 cm³/mol. The number of rotatable bonds is 9. The highest BCUT2D eigenvalue weighted by Gasteiger charge is 2.42. The summed E-state index contributed by atoms with van der Waals surface area (Å²) in [5.74, 6) is -0.683. The Morgan fingerprint density at radius 3 is 2.60 bits per heavy atom. The van der Waals surface area contributed by atoms with Gasteiger partial charge in [0.05, 0.1) is 5.41 Å². The Labute approximate surface area is 177 Å². The van der Waals surface area contributed by atoms with Crippen molar-refractivity contribution in [3.63, 3.8) is 0 Å². The quantitative estimate of drug-likeness (QED) is 0.599. The SMILES string of the molecule is CCOCCCNC(=O)c1cccc(NC(=O)C2(c3cccc(F)c3)CCCC2)c1. The van der Waals surface area contributed by atoms with Crippen LogP contribution in [-0.2, 0) is 14.9 Å². The van der Waals surface area contributed by atoms with Gasteiger partial charge in [0.1, 0.15) is 5.82 Å². The second-order valence-electron chi connectivity index (χ2n) is 7.64. The fraction of sp³-hybridized carbons (Fsp3) is 0.417. The zero-order chi connectivity index (χ0) is 21.4. The Balaban J connectivity index is 1.69. The number of ether oxygens (including phenoxy) is 1. The van der Waals surface area contributed by atoms with Crippen molar-refractivity contribution in [2.24, 2.45) is 0 Å². The molecule has 6 heteroatoms. The van der Waals surface area contributed by atoms with Crippen molar-refractivity contribution < 1.29 is 18.7 Å². The van der Waals surface area contributed by atoms with Crippen molar-refractivity contribution in [2.45, 2.75) is 44.4 Å². The largest absolute Gasteiger partial charge is 0.382 e. The molecule has 5 nitrogen and oxygen atoms in total. The standard InChI is InChI=1S/C24H29FN2O3/c1-2-30-15-7-14-26-22(28)18-8-5-11-21(16-18)27-23(29)24(12-3-4-13-24)19-9-6-10-20(25)17-19/h5-6,8-11,16-17H,2-4,7,12-15H2,1H3,(H,26,28)(H,27,29). The minimum Gasteiger partial charge on any atom is -0.382 e. The molecule has 0 heterocycles. The minimum absolute atomic E-state index is 0.153. The molecule has 0 saturated heterocycles. The first-order chi connectivity index (χ1) is 14.5. The number of benzene rings is 2. The number of carbonyl (C=O) groups excluding carboxylic acids is 2. The van der Waals surface area contributed by atoms with Crippen LogP contribution in [0.4, 0.5) is 10.1 Å². The third kappa shape index (κ3) is 5.25. The van der Waals surface area contributed by atoms with Crippen LogP contribution in [0.5, 0.6) is 0 Å². The summed E-state index contributed by atoms with van der Waals surface area (Å²) in [6.45, 7) is 3.72. The molecule has 0 spiro atoms. The average Bonchev–Trinajstić information content (AvgIpc) is 3.25. The Morgan fingerprint density at radius 1 is 1.10 bits per heavy atom. The molecule has 1 aliphatic carbocycles. The van der Waals surface area contributed by atoms with Crippen LogP contribution in [-0.4, -0.2) is 31.6 Å². The summed E-state index contributed by atoms with van der Waals surface area (Å²) in [5.41, 5.74) is 1.01. The number of amides is 2. The lowest BCUT2D eigenvalue weighted by Crippen LogP contribution is -2.38. The third-order valence-electron chi connectivity index (χ3n) is 5.61. The van der Waals surface area contributed by atoms with E-state index in [-0.39, 0.29) is 17.6 Å². The number of hydrogen-bond donors (Lipinski definition) is 2. The molecule has 0 atom stereocenters. The van der Waals surface area contributed by atoms with E-state index in [4.69, 9.17) is 4.74 Å². The fourth-order valence-electron chi connectivity index (χ4n) is 4.02. The topological polar surface area (TPSA) is 67.4 Å². The molecule has 0 aliphatic heterocycles. The minimum atomic E-state index is -0.736. The van der Waals surface area contributed by atoms with Crippen LogP contribution in [0.1, 0.15) is 54.9 Å². The summed E-state index contributed by atoms with van der Waals surface area (Å²) in [7, 11) is 0. The highest BCUT2D eigenvalue weighted by Crippen LogP contribution is 2.42. The fourth-order valence-corrected chi connectivity index (χ4v) is 4.02. The lowest BCUT2D eigenvalue weighted by Gasteiger charge is -2.28. The third-order valence-corrected chi connectivity index (χ3v) is 5.61. The molecule has 0 unspecified atom stereocenters. The average molecular weight is 413 g/mol. The van der Waals surface area contributed by atoms with E-state index in [0.29, 0.717) is 49.4 Å². The molecule has 0 radical (unpaired) electrons. The predicted octanol–water partition coefficient (Wildman–Crippen LogP) is 4.43. The van der Waals surface area contributed by atoms with Crippen molar-refractivity contribution in [1.82, 2.24) is 5.32 Å². The molecule has 2 aromatic rings. The second kappa shape index (κ2) is 10.3. The van der Waals surface area contributed by atoms with E-state index in [2.05, 4.69) is 10.6 Å². The molecule has 3 rings (SSSR count).